The first-order valence-electron chi connectivity index (χ1n) is 12.1. The number of likely N-dealkylation sites (N-methyl/N-ethyl adjacent to an activating group) is 1. The Labute approximate surface area is 210 Å². The first-order valence-corrected chi connectivity index (χ1v) is 12.1. The maximum absolute atomic E-state index is 12.9. The van der Waals surface area contributed by atoms with Crippen LogP contribution in [0, 0.1) is 12.8 Å². The molecule has 1 atom stereocenters. The van der Waals surface area contributed by atoms with Crippen molar-refractivity contribution in [1.29, 1.82) is 0 Å². The SMILES string of the molecule is CCOC(=O)C1CCCN(C(=O)CN(C)C(=O)c2ccc(-c3nnc(-c4ccccc4C)o3)cc2)C1. The lowest BCUT2D eigenvalue weighted by atomic mass is 9.98. The number of aromatic nitrogens is 2. The molecule has 2 heterocycles. The van der Waals surface area contributed by atoms with Gasteiger partial charge in [0.2, 0.25) is 17.7 Å². The minimum atomic E-state index is -0.313. The third kappa shape index (κ3) is 5.62. The van der Waals surface area contributed by atoms with Crippen molar-refractivity contribution >= 4 is 17.8 Å². The van der Waals surface area contributed by atoms with E-state index in [2.05, 4.69) is 10.2 Å². The van der Waals surface area contributed by atoms with Crippen molar-refractivity contribution in [3.63, 3.8) is 0 Å². The Hall–Kier alpha value is -4.01. The Balaban J connectivity index is 1.37. The molecular weight excluding hydrogens is 460 g/mol. The summed E-state index contributed by atoms with van der Waals surface area (Å²) in [6.07, 6.45) is 1.44. The summed E-state index contributed by atoms with van der Waals surface area (Å²) in [6.45, 7) is 4.88. The molecule has 0 N–H and O–H groups in total. The van der Waals surface area contributed by atoms with Crippen LogP contribution < -0.4 is 0 Å². The van der Waals surface area contributed by atoms with Gasteiger partial charge in [-0.3, -0.25) is 14.4 Å². The van der Waals surface area contributed by atoms with Gasteiger partial charge in [-0.05, 0) is 62.6 Å². The fourth-order valence-corrected chi connectivity index (χ4v) is 4.27. The maximum atomic E-state index is 12.9. The van der Waals surface area contributed by atoms with Crippen LogP contribution in [0.25, 0.3) is 22.9 Å². The number of nitrogens with zero attached hydrogens (tertiary/aromatic N) is 4. The predicted octanol–water partition coefficient (Wildman–Crippen LogP) is 3.59. The van der Waals surface area contributed by atoms with Crippen molar-refractivity contribution in [2.24, 2.45) is 5.92 Å². The first-order chi connectivity index (χ1) is 17.4. The van der Waals surface area contributed by atoms with Crippen molar-refractivity contribution in [3.05, 3.63) is 59.7 Å². The number of hydrogen-bond acceptors (Lipinski definition) is 7. The number of likely N-dealkylation sites (tertiary alicyclic amines) is 1. The monoisotopic (exact) mass is 490 g/mol. The number of rotatable bonds is 7. The Kier molecular flexibility index (Phi) is 7.77. The number of esters is 1. The van der Waals surface area contributed by atoms with Crippen molar-refractivity contribution in [1.82, 2.24) is 20.0 Å². The summed E-state index contributed by atoms with van der Waals surface area (Å²) in [7, 11) is 1.59. The zero-order valence-corrected chi connectivity index (χ0v) is 20.8. The minimum absolute atomic E-state index is 0.0699. The molecule has 0 bridgehead atoms. The van der Waals surface area contributed by atoms with E-state index in [4.69, 9.17) is 9.15 Å². The second-order valence-corrected chi connectivity index (χ2v) is 8.90. The molecule has 36 heavy (non-hydrogen) atoms. The molecule has 1 aliphatic rings. The molecule has 0 radical (unpaired) electrons. The second kappa shape index (κ2) is 11.2. The third-order valence-electron chi connectivity index (χ3n) is 6.29. The van der Waals surface area contributed by atoms with Crippen LogP contribution in [0.5, 0.6) is 0 Å². The van der Waals surface area contributed by atoms with Crippen LogP contribution in [0.1, 0.15) is 35.7 Å². The maximum Gasteiger partial charge on any atom is 0.310 e. The van der Waals surface area contributed by atoms with Gasteiger partial charge in [-0.2, -0.15) is 0 Å². The highest BCUT2D eigenvalue weighted by atomic mass is 16.5. The highest BCUT2D eigenvalue weighted by molar-refractivity contribution is 5.96. The summed E-state index contributed by atoms with van der Waals surface area (Å²) in [4.78, 5) is 40.8. The van der Waals surface area contributed by atoms with E-state index in [0.29, 0.717) is 49.0 Å². The molecular formula is C27H30N4O5. The van der Waals surface area contributed by atoms with Gasteiger partial charge in [-0.15, -0.1) is 10.2 Å². The number of benzene rings is 2. The highest BCUT2D eigenvalue weighted by Crippen LogP contribution is 2.26. The molecule has 1 unspecified atom stereocenters. The molecule has 0 aliphatic carbocycles. The van der Waals surface area contributed by atoms with Gasteiger partial charge in [-0.1, -0.05) is 18.2 Å². The molecule has 0 saturated carbocycles. The van der Waals surface area contributed by atoms with Gasteiger partial charge >= 0.3 is 5.97 Å². The van der Waals surface area contributed by atoms with Crippen molar-refractivity contribution in [2.45, 2.75) is 26.7 Å². The average Bonchev–Trinajstić information content (AvgIpc) is 3.39. The van der Waals surface area contributed by atoms with Gasteiger partial charge in [-0.25, -0.2) is 0 Å². The van der Waals surface area contributed by atoms with E-state index in [0.717, 1.165) is 17.5 Å². The van der Waals surface area contributed by atoms with Crippen LogP contribution >= 0.6 is 0 Å². The van der Waals surface area contributed by atoms with Gasteiger partial charge in [0.15, 0.2) is 0 Å². The minimum Gasteiger partial charge on any atom is -0.466 e. The smallest absolute Gasteiger partial charge is 0.310 e. The average molecular weight is 491 g/mol. The van der Waals surface area contributed by atoms with Gasteiger partial charge < -0.3 is 19.0 Å². The Morgan fingerprint density at radius 2 is 1.81 bits per heavy atom. The van der Waals surface area contributed by atoms with E-state index in [-0.39, 0.29) is 30.2 Å². The van der Waals surface area contributed by atoms with Crippen molar-refractivity contribution in [2.75, 3.05) is 33.3 Å². The van der Waals surface area contributed by atoms with Gasteiger partial charge in [0.1, 0.15) is 0 Å². The van der Waals surface area contributed by atoms with Crippen LogP contribution in [0.4, 0.5) is 0 Å². The topological polar surface area (TPSA) is 106 Å². The number of amides is 2. The summed E-state index contributed by atoms with van der Waals surface area (Å²) < 4.78 is 10.9. The summed E-state index contributed by atoms with van der Waals surface area (Å²) in [5.41, 5.74) is 3.04. The highest BCUT2D eigenvalue weighted by Gasteiger charge is 2.30. The summed E-state index contributed by atoms with van der Waals surface area (Å²) >= 11 is 0. The molecule has 1 aromatic heterocycles. The van der Waals surface area contributed by atoms with Crippen LogP contribution in [-0.2, 0) is 14.3 Å². The number of ether oxygens (including phenoxy) is 1. The quantitative estimate of drug-likeness (QED) is 0.466. The zero-order valence-electron chi connectivity index (χ0n) is 20.8. The zero-order chi connectivity index (χ0) is 25.7. The first kappa shape index (κ1) is 25.1. The Bertz CT molecular complexity index is 1240. The molecule has 188 valence electrons. The molecule has 9 nitrogen and oxygen atoms in total. The Morgan fingerprint density at radius 3 is 2.53 bits per heavy atom. The van der Waals surface area contributed by atoms with Crippen LogP contribution in [0.3, 0.4) is 0 Å². The largest absolute Gasteiger partial charge is 0.466 e. The fraction of sp³-hybridized carbons (Fsp3) is 0.370. The van der Waals surface area contributed by atoms with Gasteiger partial charge in [0.05, 0.1) is 19.1 Å². The molecule has 4 rings (SSSR count). The fourth-order valence-electron chi connectivity index (χ4n) is 4.27. The van der Waals surface area contributed by atoms with E-state index in [1.54, 1.807) is 43.1 Å². The van der Waals surface area contributed by atoms with E-state index < -0.39 is 0 Å². The lowest BCUT2D eigenvalue weighted by Gasteiger charge is -2.32. The number of aryl methyl sites for hydroxylation is 1. The summed E-state index contributed by atoms with van der Waals surface area (Å²) in [5.74, 6) is -0.258. The van der Waals surface area contributed by atoms with Gasteiger partial charge in [0.25, 0.3) is 5.91 Å². The number of carbonyl (C=O) groups is 3. The predicted molar refractivity (Wildman–Crippen MR) is 133 cm³/mol. The number of carbonyl (C=O) groups excluding carboxylic acids is 3. The Morgan fingerprint density at radius 1 is 1.08 bits per heavy atom. The van der Waals surface area contributed by atoms with Crippen LogP contribution in [0.2, 0.25) is 0 Å². The van der Waals surface area contributed by atoms with E-state index in [9.17, 15) is 14.4 Å². The lowest BCUT2D eigenvalue weighted by molar-refractivity contribution is -0.151. The summed E-state index contributed by atoms with van der Waals surface area (Å²) in [5, 5.41) is 8.29. The van der Waals surface area contributed by atoms with Crippen LogP contribution in [0.15, 0.2) is 52.9 Å². The molecule has 2 amide bonds. The molecule has 9 heteroatoms. The van der Waals surface area contributed by atoms with E-state index in [1.165, 1.54) is 4.90 Å². The molecule has 1 fully saturated rings. The lowest BCUT2D eigenvalue weighted by Crippen LogP contribution is -2.47. The van der Waals surface area contributed by atoms with E-state index >= 15 is 0 Å². The van der Waals surface area contributed by atoms with Crippen molar-refractivity contribution < 1.29 is 23.5 Å². The standard InChI is InChI=1S/C27H30N4O5/c1-4-35-27(34)21-9-7-15-31(16-21)23(32)17-30(3)26(33)20-13-11-19(12-14-20)24-28-29-25(36-24)22-10-6-5-8-18(22)2/h5-6,8,10-14,21H,4,7,9,15-17H2,1-3H3. The number of hydrogen-bond donors (Lipinski definition) is 0. The second-order valence-electron chi connectivity index (χ2n) is 8.90. The normalized spacial score (nSPS) is 15.4. The molecule has 3 aromatic rings. The molecule has 0 spiro atoms. The number of piperidine rings is 1. The van der Waals surface area contributed by atoms with E-state index in [1.807, 2.05) is 31.2 Å². The van der Waals surface area contributed by atoms with Crippen molar-refractivity contribution in [3.8, 4) is 22.9 Å². The molecule has 2 aromatic carbocycles. The molecule has 1 saturated heterocycles. The van der Waals surface area contributed by atoms with Gasteiger partial charge in [0, 0.05) is 36.8 Å². The molecule has 1 aliphatic heterocycles. The third-order valence-corrected chi connectivity index (χ3v) is 6.29. The summed E-state index contributed by atoms with van der Waals surface area (Å²) in [6, 6.07) is 14.6. The van der Waals surface area contributed by atoms with Crippen LogP contribution in [-0.4, -0.2) is 71.1 Å².